The number of likely N-dealkylation sites (tertiary alicyclic amines) is 1. The minimum atomic E-state index is -0.623. The van der Waals surface area contributed by atoms with Crippen molar-refractivity contribution in [1.82, 2.24) is 15.1 Å². The number of piperidine rings is 1. The van der Waals surface area contributed by atoms with Crippen LogP contribution in [0.15, 0.2) is 4.99 Å². The molecule has 6 heteroatoms. The standard InChI is InChI=1S/C19H34N4O2.C3H8/c1-5-7-9-15(3)20-18(25)23-13-11-19(12-14-23)17(24)22(4)16(21-19)10-8-6-2;1-3-2/h15H,5-14H2,1-4H3,(H,20,25);3H2,1-2H3. The minimum Gasteiger partial charge on any atom is -0.336 e. The number of nitrogens with zero attached hydrogens (tertiary/aromatic N) is 3. The van der Waals surface area contributed by atoms with E-state index in [1.54, 1.807) is 4.90 Å². The normalized spacial score (nSPS) is 19.2. The number of carbonyl (C=O) groups excluding carboxylic acids is 2. The summed E-state index contributed by atoms with van der Waals surface area (Å²) in [5, 5.41) is 3.08. The van der Waals surface area contributed by atoms with Gasteiger partial charge >= 0.3 is 6.03 Å². The van der Waals surface area contributed by atoms with Crippen molar-refractivity contribution in [3.05, 3.63) is 0 Å². The van der Waals surface area contributed by atoms with Gasteiger partial charge in [0, 0.05) is 32.6 Å². The van der Waals surface area contributed by atoms with E-state index in [4.69, 9.17) is 4.99 Å². The number of rotatable bonds is 7. The summed E-state index contributed by atoms with van der Waals surface area (Å²) < 4.78 is 0. The van der Waals surface area contributed by atoms with E-state index < -0.39 is 5.54 Å². The Morgan fingerprint density at radius 2 is 1.71 bits per heavy atom. The third-order valence-electron chi connectivity index (χ3n) is 5.43. The van der Waals surface area contributed by atoms with Crippen LogP contribution in [0.25, 0.3) is 0 Å². The predicted octanol–water partition coefficient (Wildman–Crippen LogP) is 4.59. The lowest BCUT2D eigenvalue weighted by Gasteiger charge is -2.36. The minimum absolute atomic E-state index is 0.00700. The largest absolute Gasteiger partial charge is 0.336 e. The van der Waals surface area contributed by atoms with Crippen LogP contribution in [0.5, 0.6) is 0 Å². The molecule has 1 saturated heterocycles. The van der Waals surface area contributed by atoms with Crippen LogP contribution < -0.4 is 5.32 Å². The molecule has 0 aromatic rings. The molecule has 0 aliphatic carbocycles. The second-order valence-corrected chi connectivity index (χ2v) is 8.21. The third kappa shape index (κ3) is 6.49. The van der Waals surface area contributed by atoms with Gasteiger partial charge in [0.25, 0.3) is 5.91 Å². The quantitative estimate of drug-likeness (QED) is 0.686. The summed E-state index contributed by atoms with van der Waals surface area (Å²) in [5.41, 5.74) is -0.623. The maximum absolute atomic E-state index is 12.7. The van der Waals surface area contributed by atoms with Crippen molar-refractivity contribution in [3.8, 4) is 0 Å². The second-order valence-electron chi connectivity index (χ2n) is 8.21. The van der Waals surface area contributed by atoms with E-state index in [-0.39, 0.29) is 18.0 Å². The Hall–Kier alpha value is -1.59. The molecular weight excluding hydrogens is 352 g/mol. The summed E-state index contributed by atoms with van der Waals surface area (Å²) in [6.45, 7) is 11.8. The first-order valence-electron chi connectivity index (χ1n) is 11.3. The van der Waals surface area contributed by atoms with E-state index in [1.807, 2.05) is 11.9 Å². The van der Waals surface area contributed by atoms with Gasteiger partial charge in [-0.15, -0.1) is 0 Å². The van der Waals surface area contributed by atoms with Crippen molar-refractivity contribution in [3.63, 3.8) is 0 Å². The number of hydrogen-bond donors (Lipinski definition) is 1. The fourth-order valence-corrected chi connectivity index (χ4v) is 3.65. The molecule has 0 saturated carbocycles. The Kier molecular flexibility index (Phi) is 10.5. The molecule has 1 spiro atoms. The Morgan fingerprint density at radius 3 is 2.25 bits per heavy atom. The van der Waals surface area contributed by atoms with Crippen LogP contribution in [0.2, 0.25) is 0 Å². The molecular formula is C22H42N4O2. The first kappa shape index (κ1) is 24.4. The summed E-state index contributed by atoms with van der Waals surface area (Å²) in [4.78, 5) is 33.5. The van der Waals surface area contributed by atoms with Crippen LogP contribution in [0.1, 0.15) is 92.4 Å². The van der Waals surface area contributed by atoms with Gasteiger partial charge in [0.1, 0.15) is 11.4 Å². The number of unbranched alkanes of at least 4 members (excludes halogenated alkanes) is 2. The maximum Gasteiger partial charge on any atom is 0.317 e. The van der Waals surface area contributed by atoms with Gasteiger partial charge in [-0.05, 0) is 32.6 Å². The van der Waals surface area contributed by atoms with Crippen molar-refractivity contribution in [2.45, 2.75) is 104 Å². The summed E-state index contributed by atoms with van der Waals surface area (Å²) >= 11 is 0. The average molecular weight is 395 g/mol. The topological polar surface area (TPSA) is 65.0 Å². The van der Waals surface area contributed by atoms with Crippen molar-refractivity contribution >= 4 is 17.8 Å². The molecule has 1 N–H and O–H groups in total. The lowest BCUT2D eigenvalue weighted by Crippen LogP contribution is -2.53. The Morgan fingerprint density at radius 1 is 1.14 bits per heavy atom. The molecule has 1 atom stereocenters. The molecule has 2 aliphatic heterocycles. The molecule has 2 aliphatic rings. The second kappa shape index (κ2) is 12.1. The summed E-state index contributed by atoms with van der Waals surface area (Å²) in [6, 6.07) is 0.189. The summed E-state index contributed by atoms with van der Waals surface area (Å²) in [6.07, 6.45) is 8.79. The van der Waals surface area contributed by atoms with Crippen LogP contribution in [0.4, 0.5) is 4.79 Å². The molecule has 0 bridgehead atoms. The molecule has 1 fully saturated rings. The van der Waals surface area contributed by atoms with Gasteiger partial charge in [-0.2, -0.15) is 0 Å². The molecule has 6 nitrogen and oxygen atoms in total. The van der Waals surface area contributed by atoms with Gasteiger partial charge < -0.3 is 15.1 Å². The monoisotopic (exact) mass is 394 g/mol. The summed E-state index contributed by atoms with van der Waals surface area (Å²) in [7, 11) is 1.83. The number of amides is 3. The van der Waals surface area contributed by atoms with Gasteiger partial charge in [-0.1, -0.05) is 53.4 Å². The third-order valence-corrected chi connectivity index (χ3v) is 5.43. The van der Waals surface area contributed by atoms with E-state index in [2.05, 4.69) is 39.9 Å². The number of urea groups is 1. The van der Waals surface area contributed by atoms with E-state index in [1.165, 1.54) is 6.42 Å². The first-order chi connectivity index (χ1) is 13.3. The van der Waals surface area contributed by atoms with Crippen molar-refractivity contribution in [1.29, 1.82) is 0 Å². The lowest BCUT2D eigenvalue weighted by atomic mass is 9.88. The molecule has 0 radical (unpaired) electrons. The van der Waals surface area contributed by atoms with Crippen LogP contribution in [-0.2, 0) is 4.79 Å². The SMILES string of the molecule is CCC.CCCCC1=NC2(CCN(C(=O)NC(C)CCCC)CC2)C(=O)N1C. The predicted molar refractivity (Wildman–Crippen MR) is 117 cm³/mol. The Labute approximate surface area is 172 Å². The number of aliphatic imine (C=N–C) groups is 1. The van der Waals surface area contributed by atoms with Crippen molar-refractivity contribution in [2.24, 2.45) is 4.99 Å². The zero-order chi connectivity index (χ0) is 21.2. The van der Waals surface area contributed by atoms with Gasteiger partial charge in [0.05, 0.1) is 0 Å². The van der Waals surface area contributed by atoms with E-state index in [0.29, 0.717) is 25.9 Å². The van der Waals surface area contributed by atoms with Gasteiger partial charge in [-0.25, -0.2) is 4.79 Å². The lowest BCUT2D eigenvalue weighted by molar-refractivity contribution is -0.131. The van der Waals surface area contributed by atoms with Gasteiger partial charge in [0.15, 0.2) is 0 Å². The fraction of sp³-hybridized carbons (Fsp3) is 0.864. The zero-order valence-corrected chi connectivity index (χ0v) is 19.0. The van der Waals surface area contributed by atoms with E-state index in [9.17, 15) is 9.59 Å². The highest BCUT2D eigenvalue weighted by atomic mass is 16.2. The highest BCUT2D eigenvalue weighted by Crippen LogP contribution is 2.34. The van der Waals surface area contributed by atoms with E-state index >= 15 is 0 Å². The fourth-order valence-electron chi connectivity index (χ4n) is 3.65. The summed E-state index contributed by atoms with van der Waals surface area (Å²) in [5.74, 6) is 1.02. The van der Waals surface area contributed by atoms with Crippen molar-refractivity contribution in [2.75, 3.05) is 20.1 Å². The molecule has 0 aromatic carbocycles. The molecule has 0 aromatic heterocycles. The average Bonchev–Trinajstić information content (AvgIpc) is 2.90. The highest BCUT2D eigenvalue weighted by Gasteiger charge is 2.48. The van der Waals surface area contributed by atoms with E-state index in [0.717, 1.165) is 44.4 Å². The molecule has 3 amide bonds. The molecule has 1 unspecified atom stereocenters. The maximum atomic E-state index is 12.7. The number of carbonyl (C=O) groups is 2. The first-order valence-corrected chi connectivity index (χ1v) is 11.3. The number of hydrogen-bond acceptors (Lipinski definition) is 3. The van der Waals surface area contributed by atoms with Gasteiger partial charge in [-0.3, -0.25) is 9.79 Å². The molecule has 2 rings (SSSR count). The number of likely N-dealkylation sites (N-methyl/N-ethyl adjacent to an activating group) is 1. The van der Waals surface area contributed by atoms with Crippen LogP contribution in [-0.4, -0.2) is 59.3 Å². The smallest absolute Gasteiger partial charge is 0.317 e. The zero-order valence-electron chi connectivity index (χ0n) is 19.0. The Balaban J connectivity index is 0.00000122. The molecule has 162 valence electrons. The number of amidine groups is 1. The molecule has 2 heterocycles. The Bertz CT molecular complexity index is 525. The van der Waals surface area contributed by atoms with Crippen LogP contribution >= 0.6 is 0 Å². The van der Waals surface area contributed by atoms with Crippen LogP contribution in [0, 0.1) is 0 Å². The number of nitrogens with one attached hydrogen (secondary N) is 1. The highest BCUT2D eigenvalue weighted by molar-refractivity contribution is 6.08. The van der Waals surface area contributed by atoms with Crippen molar-refractivity contribution < 1.29 is 9.59 Å². The molecule has 28 heavy (non-hydrogen) atoms. The van der Waals surface area contributed by atoms with Gasteiger partial charge in [0.2, 0.25) is 0 Å². The van der Waals surface area contributed by atoms with Crippen LogP contribution in [0.3, 0.4) is 0 Å².